The number of nitrogens with zero attached hydrogens (tertiary/aromatic N) is 2. The van der Waals surface area contributed by atoms with Gasteiger partial charge in [0.05, 0.1) is 12.0 Å². The monoisotopic (exact) mass is 478 g/mol. The Labute approximate surface area is 199 Å². The van der Waals surface area contributed by atoms with E-state index in [1.54, 1.807) is 17.0 Å². The zero-order chi connectivity index (χ0) is 23.9. The van der Waals surface area contributed by atoms with Crippen molar-refractivity contribution in [1.82, 2.24) is 4.31 Å². The van der Waals surface area contributed by atoms with Crippen LogP contribution in [0.4, 0.5) is 5.69 Å². The molecule has 3 aromatic rings. The minimum atomic E-state index is -3.66. The lowest BCUT2D eigenvalue weighted by atomic mass is 9.96. The number of amides is 1. The van der Waals surface area contributed by atoms with Gasteiger partial charge in [0.1, 0.15) is 6.04 Å². The summed E-state index contributed by atoms with van der Waals surface area (Å²) < 4.78 is 33.0. The number of methoxy groups -OCH3 is 1. The first kappa shape index (κ1) is 22.6. The fourth-order valence-electron chi connectivity index (χ4n) is 5.00. The van der Waals surface area contributed by atoms with E-state index in [1.165, 1.54) is 11.4 Å². The van der Waals surface area contributed by atoms with E-state index in [0.717, 1.165) is 22.0 Å². The van der Waals surface area contributed by atoms with Gasteiger partial charge in [-0.2, -0.15) is 4.31 Å². The number of hydrogen-bond acceptors (Lipinski definition) is 5. The van der Waals surface area contributed by atoms with E-state index in [1.807, 2.05) is 54.6 Å². The van der Waals surface area contributed by atoms with Crippen molar-refractivity contribution in [2.24, 2.45) is 5.92 Å². The summed E-state index contributed by atoms with van der Waals surface area (Å²) in [5, 5.41) is 1.85. The number of piperidine rings is 1. The van der Waals surface area contributed by atoms with Gasteiger partial charge in [0.2, 0.25) is 15.9 Å². The summed E-state index contributed by atoms with van der Waals surface area (Å²) >= 11 is 0. The topological polar surface area (TPSA) is 84.0 Å². The van der Waals surface area contributed by atoms with Crippen LogP contribution in [-0.4, -0.2) is 50.8 Å². The molecule has 1 saturated heterocycles. The zero-order valence-corrected chi connectivity index (χ0v) is 19.7. The lowest BCUT2D eigenvalue weighted by Crippen LogP contribution is -2.49. The Bertz CT molecular complexity index is 1360. The number of rotatable bonds is 4. The molecule has 0 saturated carbocycles. The van der Waals surface area contributed by atoms with Gasteiger partial charge in [-0.1, -0.05) is 48.5 Å². The number of fused-ring (bicyclic) bond motifs is 2. The van der Waals surface area contributed by atoms with Crippen molar-refractivity contribution < 1.29 is 22.7 Å². The van der Waals surface area contributed by atoms with Crippen LogP contribution in [0, 0.1) is 5.92 Å². The van der Waals surface area contributed by atoms with Crippen LogP contribution in [0.15, 0.2) is 71.6 Å². The number of ether oxygens (including phenoxy) is 1. The number of benzene rings is 3. The fourth-order valence-corrected chi connectivity index (χ4v) is 6.51. The van der Waals surface area contributed by atoms with Crippen molar-refractivity contribution in [2.45, 2.75) is 30.2 Å². The third kappa shape index (κ3) is 3.86. The maximum absolute atomic E-state index is 13.5. The Morgan fingerprint density at radius 1 is 0.912 bits per heavy atom. The quantitative estimate of drug-likeness (QED) is 0.537. The normalized spacial score (nSPS) is 19.2. The summed E-state index contributed by atoms with van der Waals surface area (Å²) in [5.74, 6) is -0.953. The van der Waals surface area contributed by atoms with E-state index < -0.39 is 22.0 Å². The van der Waals surface area contributed by atoms with Gasteiger partial charge >= 0.3 is 5.97 Å². The summed E-state index contributed by atoms with van der Waals surface area (Å²) in [4.78, 5) is 27.7. The molecule has 176 valence electrons. The molecule has 34 heavy (non-hydrogen) atoms. The maximum Gasteiger partial charge on any atom is 0.329 e. The van der Waals surface area contributed by atoms with E-state index >= 15 is 0 Å². The second-order valence-corrected chi connectivity index (χ2v) is 10.7. The van der Waals surface area contributed by atoms with Gasteiger partial charge in [0.25, 0.3) is 0 Å². The van der Waals surface area contributed by atoms with Crippen LogP contribution < -0.4 is 4.90 Å². The van der Waals surface area contributed by atoms with Crippen LogP contribution in [-0.2, 0) is 30.8 Å². The fraction of sp³-hybridized carbons (Fsp3) is 0.308. The van der Waals surface area contributed by atoms with Crippen LogP contribution in [0.25, 0.3) is 10.8 Å². The SMILES string of the molecule is COC(=O)C1Cc2ccccc2N1C(=O)C1CCN(S(=O)(=O)c2ccc3ccccc3c2)CC1. The number of para-hydroxylation sites is 1. The highest BCUT2D eigenvalue weighted by Gasteiger charge is 2.42. The second kappa shape index (κ2) is 8.85. The molecular formula is C26H26N2O5S. The molecular weight excluding hydrogens is 452 g/mol. The Balaban J connectivity index is 1.33. The van der Waals surface area contributed by atoms with Crippen molar-refractivity contribution in [3.8, 4) is 0 Å². The molecule has 5 rings (SSSR count). The van der Waals surface area contributed by atoms with Gasteiger partial charge < -0.3 is 4.74 Å². The second-order valence-electron chi connectivity index (χ2n) is 8.77. The number of anilines is 1. The Kier molecular flexibility index (Phi) is 5.87. The summed E-state index contributed by atoms with van der Waals surface area (Å²) in [6.07, 6.45) is 1.22. The van der Waals surface area contributed by atoms with Gasteiger partial charge in [-0.05, 0) is 47.4 Å². The summed E-state index contributed by atoms with van der Waals surface area (Å²) in [6.45, 7) is 0.508. The molecule has 2 heterocycles. The summed E-state index contributed by atoms with van der Waals surface area (Å²) in [7, 11) is -2.34. The summed E-state index contributed by atoms with van der Waals surface area (Å²) in [6, 6.07) is 19.6. The predicted molar refractivity (Wildman–Crippen MR) is 129 cm³/mol. The van der Waals surface area contributed by atoms with E-state index in [0.29, 0.717) is 19.3 Å². The van der Waals surface area contributed by atoms with Crippen molar-refractivity contribution in [1.29, 1.82) is 0 Å². The van der Waals surface area contributed by atoms with E-state index in [2.05, 4.69) is 0 Å². The van der Waals surface area contributed by atoms with Crippen LogP contribution in [0.1, 0.15) is 18.4 Å². The highest BCUT2D eigenvalue weighted by molar-refractivity contribution is 7.89. The largest absolute Gasteiger partial charge is 0.467 e. The smallest absolute Gasteiger partial charge is 0.329 e. The Morgan fingerprint density at radius 3 is 2.32 bits per heavy atom. The first-order valence-corrected chi connectivity index (χ1v) is 12.8. The number of carbonyl (C=O) groups is 2. The van der Waals surface area contributed by atoms with Crippen molar-refractivity contribution in [3.63, 3.8) is 0 Å². The number of carbonyl (C=O) groups excluding carboxylic acids is 2. The Morgan fingerprint density at radius 2 is 1.59 bits per heavy atom. The predicted octanol–water partition coefficient (Wildman–Crippen LogP) is 3.37. The molecule has 8 heteroatoms. The molecule has 1 atom stereocenters. The van der Waals surface area contributed by atoms with E-state index in [9.17, 15) is 18.0 Å². The minimum Gasteiger partial charge on any atom is -0.467 e. The van der Waals surface area contributed by atoms with Crippen molar-refractivity contribution in [2.75, 3.05) is 25.1 Å². The average molecular weight is 479 g/mol. The average Bonchev–Trinajstić information content (AvgIpc) is 3.27. The molecule has 1 amide bonds. The molecule has 2 aliphatic rings. The lowest BCUT2D eigenvalue weighted by molar-refractivity contribution is -0.143. The number of hydrogen-bond donors (Lipinski definition) is 0. The molecule has 1 fully saturated rings. The molecule has 0 N–H and O–H groups in total. The van der Waals surface area contributed by atoms with Crippen molar-refractivity contribution >= 4 is 38.4 Å². The van der Waals surface area contributed by atoms with Gasteiger partial charge in [0, 0.05) is 31.1 Å². The van der Waals surface area contributed by atoms with Crippen LogP contribution in [0.5, 0.6) is 0 Å². The molecule has 3 aromatic carbocycles. The summed E-state index contributed by atoms with van der Waals surface area (Å²) in [5.41, 5.74) is 1.66. The first-order chi connectivity index (χ1) is 16.4. The minimum absolute atomic E-state index is 0.150. The van der Waals surface area contributed by atoms with Gasteiger partial charge in [-0.3, -0.25) is 9.69 Å². The van der Waals surface area contributed by atoms with Crippen LogP contribution in [0.3, 0.4) is 0 Å². The zero-order valence-electron chi connectivity index (χ0n) is 18.9. The van der Waals surface area contributed by atoms with Gasteiger partial charge in [-0.15, -0.1) is 0 Å². The first-order valence-electron chi connectivity index (χ1n) is 11.4. The molecule has 0 spiro atoms. The van der Waals surface area contributed by atoms with E-state index in [4.69, 9.17) is 4.74 Å². The van der Waals surface area contributed by atoms with Crippen LogP contribution in [0.2, 0.25) is 0 Å². The molecule has 2 aliphatic heterocycles. The highest BCUT2D eigenvalue weighted by atomic mass is 32.2. The Hall–Kier alpha value is -3.23. The number of esters is 1. The maximum atomic E-state index is 13.5. The van der Waals surface area contributed by atoms with Crippen molar-refractivity contribution in [3.05, 3.63) is 72.3 Å². The third-order valence-electron chi connectivity index (χ3n) is 6.85. The van der Waals surface area contributed by atoms with Crippen LogP contribution >= 0.6 is 0 Å². The third-order valence-corrected chi connectivity index (χ3v) is 8.74. The standard InChI is InChI=1S/C26H26N2O5S/c1-33-26(30)24-17-21-8-4-5-9-23(21)28(24)25(29)19-12-14-27(15-13-19)34(31,32)22-11-10-18-6-2-3-7-20(18)16-22/h2-11,16,19,24H,12-15,17H2,1H3. The highest BCUT2D eigenvalue weighted by Crippen LogP contribution is 2.36. The molecule has 0 bridgehead atoms. The molecule has 1 unspecified atom stereocenters. The van der Waals surface area contributed by atoms with E-state index in [-0.39, 0.29) is 29.8 Å². The molecule has 0 aromatic heterocycles. The van der Waals surface area contributed by atoms with Gasteiger partial charge in [-0.25, -0.2) is 13.2 Å². The molecule has 7 nitrogen and oxygen atoms in total. The molecule has 0 radical (unpaired) electrons. The van der Waals surface area contributed by atoms with Gasteiger partial charge in [0.15, 0.2) is 0 Å². The number of sulfonamides is 1. The lowest BCUT2D eigenvalue weighted by Gasteiger charge is -2.34. The molecule has 0 aliphatic carbocycles.